The second-order valence-electron chi connectivity index (χ2n) is 2.40. The Morgan fingerprint density at radius 1 is 1.50 bits per heavy atom. The van der Waals surface area contributed by atoms with E-state index >= 15 is 0 Å². The van der Waals surface area contributed by atoms with Gasteiger partial charge >= 0.3 is 6.03 Å². The normalized spacial score (nSPS) is 9.70. The molecule has 2 amide bonds. The lowest BCUT2D eigenvalue weighted by Gasteiger charge is -2.19. The summed E-state index contributed by atoms with van der Waals surface area (Å²) in [6.07, 6.45) is 0. The largest absolute Gasteiger partial charge is 0.340 e. The summed E-state index contributed by atoms with van der Waals surface area (Å²) in [5.41, 5.74) is 2.91. The quantitative estimate of drug-likeness (QED) is 0.544. The van der Waals surface area contributed by atoms with Gasteiger partial charge in [-0.2, -0.15) is 0 Å². The first-order chi connectivity index (χ1) is 4.57. The van der Waals surface area contributed by atoms with E-state index in [4.69, 9.17) is 0 Å². The Balaban J connectivity index is 3.61. The minimum absolute atomic E-state index is 0.131. The average molecular weight is 145 g/mol. The number of carbonyl (C=O) groups excluding carboxylic acids is 1. The molecule has 0 heterocycles. The third kappa shape index (κ3) is 3.29. The molecule has 4 heteroatoms. The molecule has 4 nitrogen and oxygen atoms in total. The van der Waals surface area contributed by atoms with Crippen LogP contribution in [0.3, 0.4) is 0 Å². The molecular formula is C6H15N3O. The Morgan fingerprint density at radius 3 is 2.30 bits per heavy atom. The lowest BCUT2D eigenvalue weighted by atomic mass is 10.4. The Bertz CT molecular complexity index is 114. The highest BCUT2D eigenvalue weighted by molar-refractivity contribution is 5.72. The molecule has 0 aliphatic heterocycles. The number of nitrogens with one attached hydrogen (secondary N) is 2. The first-order valence-corrected chi connectivity index (χ1v) is 3.29. The van der Waals surface area contributed by atoms with Crippen molar-refractivity contribution in [2.75, 3.05) is 14.1 Å². The zero-order valence-corrected chi connectivity index (χ0v) is 6.93. The summed E-state index contributed by atoms with van der Waals surface area (Å²) >= 11 is 0. The second kappa shape index (κ2) is 4.11. The lowest BCUT2D eigenvalue weighted by Crippen LogP contribution is -2.47. The van der Waals surface area contributed by atoms with Gasteiger partial charge in [-0.25, -0.2) is 10.2 Å². The van der Waals surface area contributed by atoms with E-state index in [9.17, 15) is 4.79 Å². The van der Waals surface area contributed by atoms with Crippen molar-refractivity contribution < 1.29 is 4.79 Å². The van der Waals surface area contributed by atoms with Crippen LogP contribution in [-0.4, -0.2) is 31.2 Å². The topological polar surface area (TPSA) is 44.4 Å². The van der Waals surface area contributed by atoms with E-state index in [0.717, 1.165) is 0 Å². The Morgan fingerprint density at radius 2 is 2.00 bits per heavy atom. The molecule has 0 atom stereocenters. The van der Waals surface area contributed by atoms with Crippen LogP contribution in [0.15, 0.2) is 0 Å². The van der Waals surface area contributed by atoms with E-state index in [1.54, 1.807) is 14.1 Å². The second-order valence-corrected chi connectivity index (χ2v) is 2.40. The molecular weight excluding hydrogens is 130 g/mol. The Hall–Kier alpha value is -0.770. The highest BCUT2D eigenvalue weighted by atomic mass is 16.2. The molecule has 0 aliphatic rings. The van der Waals surface area contributed by atoms with Gasteiger partial charge in [0.25, 0.3) is 0 Å². The molecule has 10 heavy (non-hydrogen) atoms. The summed E-state index contributed by atoms with van der Waals surface area (Å²) in [4.78, 5) is 10.8. The number of hydrogen-bond acceptors (Lipinski definition) is 2. The molecule has 0 fully saturated rings. The maximum atomic E-state index is 10.8. The van der Waals surface area contributed by atoms with Crippen molar-refractivity contribution in [3.63, 3.8) is 0 Å². The van der Waals surface area contributed by atoms with Crippen molar-refractivity contribution in [1.29, 1.82) is 0 Å². The molecule has 0 unspecified atom stereocenters. The summed E-state index contributed by atoms with van der Waals surface area (Å²) in [6.45, 7) is 3.94. The van der Waals surface area contributed by atoms with E-state index in [1.165, 1.54) is 5.01 Å². The summed E-state index contributed by atoms with van der Waals surface area (Å²) in [6, 6.07) is 0.149. The molecule has 60 valence electrons. The van der Waals surface area contributed by atoms with E-state index in [1.807, 2.05) is 13.8 Å². The van der Waals surface area contributed by atoms with Crippen LogP contribution in [-0.2, 0) is 0 Å². The molecule has 0 aromatic rings. The fourth-order valence-corrected chi connectivity index (χ4v) is 0.614. The molecule has 0 aromatic carbocycles. The van der Waals surface area contributed by atoms with Gasteiger partial charge in [0.15, 0.2) is 0 Å². The predicted molar refractivity (Wildman–Crippen MR) is 40.5 cm³/mol. The first kappa shape index (κ1) is 9.23. The summed E-state index contributed by atoms with van der Waals surface area (Å²) in [5.74, 6) is 0. The van der Waals surface area contributed by atoms with Crippen molar-refractivity contribution in [3.8, 4) is 0 Å². The maximum Gasteiger partial charge on any atom is 0.331 e. The van der Waals surface area contributed by atoms with Crippen LogP contribution in [0.1, 0.15) is 13.8 Å². The van der Waals surface area contributed by atoms with Crippen molar-refractivity contribution in [1.82, 2.24) is 15.8 Å². The van der Waals surface area contributed by atoms with Crippen LogP contribution in [0, 0.1) is 0 Å². The minimum atomic E-state index is -0.131. The van der Waals surface area contributed by atoms with Gasteiger partial charge in [0.1, 0.15) is 0 Å². The van der Waals surface area contributed by atoms with Gasteiger partial charge in [-0.15, -0.1) is 0 Å². The number of rotatable bonds is 2. The third-order valence-corrected chi connectivity index (χ3v) is 0.970. The highest BCUT2D eigenvalue weighted by Crippen LogP contribution is 1.81. The number of hydrazine groups is 1. The van der Waals surface area contributed by atoms with Gasteiger partial charge in [-0.05, 0) is 13.8 Å². The monoisotopic (exact) mass is 145 g/mol. The fraction of sp³-hybridized carbons (Fsp3) is 0.833. The van der Waals surface area contributed by atoms with Gasteiger partial charge in [-0.3, -0.25) is 5.01 Å². The van der Waals surface area contributed by atoms with E-state index in [2.05, 4.69) is 10.7 Å². The number of urea groups is 1. The minimum Gasteiger partial charge on any atom is -0.340 e. The summed E-state index contributed by atoms with van der Waals surface area (Å²) < 4.78 is 0. The molecule has 0 saturated heterocycles. The van der Waals surface area contributed by atoms with Crippen LogP contribution in [0.5, 0.6) is 0 Å². The van der Waals surface area contributed by atoms with Gasteiger partial charge in [0.05, 0.1) is 0 Å². The van der Waals surface area contributed by atoms with Crippen LogP contribution in [0.2, 0.25) is 0 Å². The molecule has 0 bridgehead atoms. The van der Waals surface area contributed by atoms with Gasteiger partial charge < -0.3 is 5.32 Å². The highest BCUT2D eigenvalue weighted by Gasteiger charge is 2.04. The molecule has 0 spiro atoms. The molecule has 0 rings (SSSR count). The number of nitrogens with zero attached hydrogens (tertiary/aromatic N) is 1. The molecule has 2 N–H and O–H groups in total. The van der Waals surface area contributed by atoms with Gasteiger partial charge in [0, 0.05) is 20.1 Å². The van der Waals surface area contributed by atoms with Crippen molar-refractivity contribution >= 4 is 6.03 Å². The van der Waals surface area contributed by atoms with Gasteiger partial charge in [-0.1, -0.05) is 0 Å². The average Bonchev–Trinajstić information content (AvgIpc) is 1.85. The van der Waals surface area contributed by atoms with Crippen LogP contribution < -0.4 is 10.7 Å². The SMILES string of the molecule is CNC(=O)N(C)NC(C)C. The molecule has 0 aromatic heterocycles. The van der Waals surface area contributed by atoms with Crippen molar-refractivity contribution in [3.05, 3.63) is 0 Å². The number of carbonyl (C=O) groups is 1. The standard InChI is InChI=1S/C6H15N3O/c1-5(2)8-9(4)6(10)7-3/h5,8H,1-4H3,(H,7,10). The van der Waals surface area contributed by atoms with Crippen molar-refractivity contribution in [2.24, 2.45) is 0 Å². The van der Waals surface area contributed by atoms with E-state index in [-0.39, 0.29) is 12.1 Å². The Kier molecular flexibility index (Phi) is 3.79. The third-order valence-electron chi connectivity index (χ3n) is 0.970. The van der Waals surface area contributed by atoms with E-state index in [0.29, 0.717) is 0 Å². The molecule has 0 radical (unpaired) electrons. The molecule has 0 aliphatic carbocycles. The number of hydrogen-bond donors (Lipinski definition) is 2. The van der Waals surface area contributed by atoms with Crippen LogP contribution in [0.4, 0.5) is 4.79 Å². The smallest absolute Gasteiger partial charge is 0.331 e. The predicted octanol–water partition coefficient (Wildman–Crippen LogP) is 0.171. The number of amides is 2. The summed E-state index contributed by atoms with van der Waals surface area (Å²) in [5, 5.41) is 3.92. The van der Waals surface area contributed by atoms with Gasteiger partial charge in [0.2, 0.25) is 0 Å². The van der Waals surface area contributed by atoms with Crippen molar-refractivity contribution in [2.45, 2.75) is 19.9 Å². The van der Waals surface area contributed by atoms with E-state index < -0.39 is 0 Å². The Labute approximate surface area is 61.6 Å². The first-order valence-electron chi connectivity index (χ1n) is 3.29. The zero-order valence-electron chi connectivity index (χ0n) is 6.93. The zero-order chi connectivity index (χ0) is 8.15. The lowest BCUT2D eigenvalue weighted by molar-refractivity contribution is 0.181. The fourth-order valence-electron chi connectivity index (χ4n) is 0.614. The summed E-state index contributed by atoms with van der Waals surface area (Å²) in [7, 11) is 3.28. The van der Waals surface area contributed by atoms with Crippen LogP contribution in [0.25, 0.3) is 0 Å². The maximum absolute atomic E-state index is 10.8. The van der Waals surface area contributed by atoms with Crippen LogP contribution >= 0.6 is 0 Å². The molecule has 0 saturated carbocycles.